The standard InChI is InChI=1S/C12H8N3O/c1-2-4-9(5-3-1)11-8-12(16-15-11)10-6-7-13-14-10/h1-8H. The van der Waals surface area contributed by atoms with Crippen LogP contribution in [-0.4, -0.2) is 10.9 Å². The van der Waals surface area contributed by atoms with Gasteiger partial charge in [-0.1, -0.05) is 35.5 Å². The number of hydrogen-bond donors (Lipinski definition) is 0. The van der Waals surface area contributed by atoms with Crippen molar-refractivity contribution in [2.75, 3.05) is 0 Å². The lowest BCUT2D eigenvalue weighted by molar-refractivity contribution is 0.416. The predicted octanol–water partition coefficient (Wildman–Crippen LogP) is 2.18. The molecular weight excluding hydrogens is 202 g/mol. The molecule has 0 bridgehead atoms. The zero-order valence-electron chi connectivity index (χ0n) is 8.37. The summed E-state index contributed by atoms with van der Waals surface area (Å²) in [7, 11) is 0. The fourth-order valence-corrected chi connectivity index (χ4v) is 1.51. The van der Waals surface area contributed by atoms with Gasteiger partial charge < -0.3 is 4.52 Å². The fraction of sp³-hybridized carbons (Fsp3) is 0. The van der Waals surface area contributed by atoms with Crippen molar-refractivity contribution in [1.82, 2.24) is 10.6 Å². The van der Waals surface area contributed by atoms with Gasteiger partial charge in [-0.15, -0.1) is 5.10 Å². The van der Waals surface area contributed by atoms with Gasteiger partial charge in [0.2, 0.25) is 0 Å². The molecule has 3 rings (SSSR count). The number of allylic oxidation sites excluding steroid dienone is 1. The molecule has 0 unspecified atom stereocenters. The zero-order valence-corrected chi connectivity index (χ0v) is 8.37. The molecule has 0 amide bonds. The third kappa shape index (κ3) is 1.50. The van der Waals surface area contributed by atoms with Crippen LogP contribution in [0.5, 0.6) is 0 Å². The second-order valence-electron chi connectivity index (χ2n) is 3.36. The molecule has 0 saturated heterocycles. The molecule has 0 spiro atoms. The summed E-state index contributed by atoms with van der Waals surface area (Å²) in [6, 6.07) is 11.7. The minimum Gasteiger partial charge on any atom is -0.354 e. The van der Waals surface area contributed by atoms with Crippen LogP contribution in [0, 0.1) is 0 Å². The highest BCUT2D eigenvalue weighted by Crippen LogP contribution is 2.19. The Balaban J connectivity index is 1.97. The Bertz CT molecular complexity index is 555. The Hall–Kier alpha value is -2.36. The van der Waals surface area contributed by atoms with Crippen molar-refractivity contribution < 1.29 is 4.52 Å². The van der Waals surface area contributed by atoms with Crippen LogP contribution in [0.4, 0.5) is 0 Å². The van der Waals surface area contributed by atoms with Gasteiger partial charge in [0, 0.05) is 11.6 Å². The third-order valence-corrected chi connectivity index (χ3v) is 2.30. The minimum absolute atomic E-state index is 0.636. The molecular formula is C12H8N3O. The Labute approximate surface area is 92.3 Å². The Kier molecular flexibility index (Phi) is 2.04. The maximum absolute atomic E-state index is 5.21. The van der Waals surface area contributed by atoms with Crippen molar-refractivity contribution >= 4 is 5.71 Å². The summed E-state index contributed by atoms with van der Waals surface area (Å²) in [4.78, 5) is 0. The van der Waals surface area contributed by atoms with Gasteiger partial charge >= 0.3 is 0 Å². The van der Waals surface area contributed by atoms with Gasteiger partial charge in [0.15, 0.2) is 5.76 Å². The van der Waals surface area contributed by atoms with E-state index in [9.17, 15) is 0 Å². The molecule has 4 nitrogen and oxygen atoms in total. The normalized spacial score (nSPS) is 13.6. The lowest BCUT2D eigenvalue weighted by atomic mass is 10.1. The lowest BCUT2D eigenvalue weighted by Gasteiger charge is -1.91. The molecule has 1 radical (unpaired) electrons. The molecule has 0 aliphatic carbocycles. The second kappa shape index (κ2) is 3.66. The number of aromatic nitrogens is 1. The molecule has 1 aliphatic heterocycles. The van der Waals surface area contributed by atoms with E-state index in [2.05, 4.69) is 15.7 Å². The van der Waals surface area contributed by atoms with Crippen molar-refractivity contribution in [3.05, 3.63) is 54.4 Å². The highest BCUT2D eigenvalue weighted by Gasteiger charge is 2.12. The quantitative estimate of drug-likeness (QED) is 0.762. The van der Waals surface area contributed by atoms with Crippen molar-refractivity contribution in [2.24, 2.45) is 5.10 Å². The first-order valence-electron chi connectivity index (χ1n) is 4.90. The lowest BCUT2D eigenvalue weighted by Crippen LogP contribution is -1.90. The SMILES string of the molecule is C1=CC(c2cc(-c3ccccc3)no2)=N[N]1. The molecule has 0 N–H and O–H groups in total. The molecule has 2 aromatic rings. The minimum atomic E-state index is 0.636. The molecule has 4 heteroatoms. The van der Waals surface area contributed by atoms with Gasteiger partial charge in [-0.25, -0.2) is 0 Å². The molecule has 0 fully saturated rings. The summed E-state index contributed by atoms with van der Waals surface area (Å²) in [5, 5.41) is 7.91. The number of rotatable bonds is 2. The monoisotopic (exact) mass is 210 g/mol. The van der Waals surface area contributed by atoms with Crippen LogP contribution < -0.4 is 5.43 Å². The van der Waals surface area contributed by atoms with Crippen LogP contribution in [0.3, 0.4) is 0 Å². The average Bonchev–Trinajstić information content (AvgIpc) is 3.01. The summed E-state index contributed by atoms with van der Waals surface area (Å²) >= 11 is 0. The molecule has 2 heterocycles. The highest BCUT2D eigenvalue weighted by molar-refractivity contribution is 6.07. The van der Waals surface area contributed by atoms with E-state index in [1.807, 2.05) is 36.4 Å². The van der Waals surface area contributed by atoms with Gasteiger partial charge in [-0.2, -0.15) is 5.43 Å². The van der Waals surface area contributed by atoms with E-state index in [0.29, 0.717) is 11.5 Å². The highest BCUT2D eigenvalue weighted by atomic mass is 16.5. The first-order valence-corrected chi connectivity index (χ1v) is 4.90. The van der Waals surface area contributed by atoms with Crippen LogP contribution >= 0.6 is 0 Å². The van der Waals surface area contributed by atoms with E-state index < -0.39 is 0 Å². The molecule has 1 aromatic heterocycles. The van der Waals surface area contributed by atoms with Crippen molar-refractivity contribution in [3.8, 4) is 11.3 Å². The van der Waals surface area contributed by atoms with Crippen molar-refractivity contribution in [1.29, 1.82) is 0 Å². The second-order valence-corrected chi connectivity index (χ2v) is 3.36. The smallest absolute Gasteiger partial charge is 0.187 e. The van der Waals surface area contributed by atoms with Crippen molar-refractivity contribution in [3.63, 3.8) is 0 Å². The van der Waals surface area contributed by atoms with Crippen LogP contribution in [0.1, 0.15) is 5.76 Å². The fourth-order valence-electron chi connectivity index (χ4n) is 1.51. The molecule has 16 heavy (non-hydrogen) atoms. The zero-order chi connectivity index (χ0) is 10.8. The summed E-state index contributed by atoms with van der Waals surface area (Å²) in [5.74, 6) is 0.636. The van der Waals surface area contributed by atoms with E-state index in [0.717, 1.165) is 11.3 Å². The first kappa shape index (κ1) is 8.91. The molecule has 1 aromatic carbocycles. The Morgan fingerprint density at radius 2 is 1.94 bits per heavy atom. The van der Waals surface area contributed by atoms with Crippen LogP contribution in [0.2, 0.25) is 0 Å². The third-order valence-electron chi connectivity index (χ3n) is 2.30. The number of hydrogen-bond acceptors (Lipinski definition) is 3. The molecule has 0 saturated carbocycles. The van der Waals surface area contributed by atoms with Crippen molar-refractivity contribution in [2.45, 2.75) is 0 Å². The van der Waals surface area contributed by atoms with Crippen LogP contribution in [0.15, 0.2) is 58.3 Å². The van der Waals surface area contributed by atoms with E-state index in [1.165, 1.54) is 0 Å². The Morgan fingerprint density at radius 3 is 2.69 bits per heavy atom. The van der Waals surface area contributed by atoms with E-state index in [1.54, 1.807) is 12.3 Å². The van der Waals surface area contributed by atoms with Gasteiger partial charge in [-0.05, 0) is 6.08 Å². The number of benzene rings is 1. The van der Waals surface area contributed by atoms with E-state index in [4.69, 9.17) is 4.52 Å². The Morgan fingerprint density at radius 1 is 1.06 bits per heavy atom. The predicted molar refractivity (Wildman–Crippen MR) is 59.8 cm³/mol. The van der Waals surface area contributed by atoms with Gasteiger partial charge in [0.05, 0.1) is 6.20 Å². The van der Waals surface area contributed by atoms with Gasteiger partial charge in [-0.3, -0.25) is 0 Å². The largest absolute Gasteiger partial charge is 0.354 e. The maximum Gasteiger partial charge on any atom is 0.187 e. The molecule has 77 valence electrons. The van der Waals surface area contributed by atoms with E-state index >= 15 is 0 Å². The maximum atomic E-state index is 5.21. The van der Waals surface area contributed by atoms with Gasteiger partial charge in [0.1, 0.15) is 11.4 Å². The summed E-state index contributed by atoms with van der Waals surface area (Å²) in [5.41, 5.74) is 6.28. The van der Waals surface area contributed by atoms with Crippen LogP contribution in [0.25, 0.3) is 11.3 Å². The first-order chi connectivity index (χ1) is 7.93. The summed E-state index contributed by atoms with van der Waals surface area (Å²) in [6.45, 7) is 0. The van der Waals surface area contributed by atoms with Gasteiger partial charge in [0.25, 0.3) is 0 Å². The average molecular weight is 210 g/mol. The topological polar surface area (TPSA) is 52.5 Å². The summed E-state index contributed by atoms with van der Waals surface area (Å²) < 4.78 is 5.21. The molecule has 1 aliphatic rings. The summed E-state index contributed by atoms with van der Waals surface area (Å²) in [6.07, 6.45) is 3.41. The molecule has 0 atom stereocenters. The van der Waals surface area contributed by atoms with E-state index in [-0.39, 0.29) is 0 Å². The number of nitrogens with zero attached hydrogens (tertiary/aromatic N) is 3. The van der Waals surface area contributed by atoms with Crippen LogP contribution in [-0.2, 0) is 0 Å².